The Morgan fingerprint density at radius 2 is 2.25 bits per heavy atom. The molecule has 2 rings (SSSR count). The first-order valence-electron chi connectivity index (χ1n) is 7.14. The molecule has 0 aliphatic carbocycles. The molecule has 3 heteroatoms. The molecular weight excluding hydrogens is 250 g/mol. The van der Waals surface area contributed by atoms with Gasteiger partial charge in [-0.2, -0.15) is 0 Å². The molecule has 1 fully saturated rings. The lowest BCUT2D eigenvalue weighted by Crippen LogP contribution is -2.47. The zero-order valence-corrected chi connectivity index (χ0v) is 12.4. The van der Waals surface area contributed by atoms with Crippen LogP contribution in [0.4, 0.5) is 0 Å². The van der Waals surface area contributed by atoms with Gasteiger partial charge >= 0.3 is 0 Å². The Morgan fingerprint density at radius 1 is 1.40 bits per heavy atom. The molecule has 20 heavy (non-hydrogen) atoms. The fourth-order valence-electron chi connectivity index (χ4n) is 2.48. The van der Waals surface area contributed by atoms with Gasteiger partial charge in [0.2, 0.25) is 0 Å². The molecule has 0 spiro atoms. The Balaban J connectivity index is 1.99. The van der Waals surface area contributed by atoms with Crippen LogP contribution >= 0.6 is 0 Å². The zero-order valence-electron chi connectivity index (χ0n) is 12.4. The van der Waals surface area contributed by atoms with E-state index in [9.17, 15) is 0 Å². The standard InChI is InChI=1S/C17H23NO2/c1-17(2)14-18(9-11-20-17)13-16-8-5-7-15(12-16)6-3-4-10-19/h5,7-8,12,19H,4,9-11,13-14H2,1-2H3. The zero-order chi connectivity index (χ0) is 14.4. The number of benzene rings is 1. The smallest absolute Gasteiger partial charge is 0.0753 e. The highest BCUT2D eigenvalue weighted by Gasteiger charge is 2.26. The third-order valence-electron chi connectivity index (χ3n) is 3.31. The predicted molar refractivity (Wildman–Crippen MR) is 80.3 cm³/mol. The number of rotatable bonds is 3. The minimum atomic E-state index is -0.0587. The highest BCUT2D eigenvalue weighted by Crippen LogP contribution is 2.18. The van der Waals surface area contributed by atoms with Crippen LogP contribution in [0.1, 0.15) is 31.4 Å². The minimum Gasteiger partial charge on any atom is -0.395 e. The summed E-state index contributed by atoms with van der Waals surface area (Å²) >= 11 is 0. The van der Waals surface area contributed by atoms with Crippen molar-refractivity contribution in [3.05, 3.63) is 35.4 Å². The second-order valence-corrected chi connectivity index (χ2v) is 5.79. The lowest BCUT2D eigenvalue weighted by atomic mass is 10.1. The summed E-state index contributed by atoms with van der Waals surface area (Å²) < 4.78 is 5.73. The van der Waals surface area contributed by atoms with Crippen LogP contribution in [0.25, 0.3) is 0 Å². The molecule has 1 aliphatic heterocycles. The van der Waals surface area contributed by atoms with E-state index in [-0.39, 0.29) is 12.2 Å². The Labute approximate surface area is 121 Å². The van der Waals surface area contributed by atoms with Gasteiger partial charge in [0.05, 0.1) is 18.8 Å². The summed E-state index contributed by atoms with van der Waals surface area (Å²) in [6.45, 7) is 8.05. The lowest BCUT2D eigenvalue weighted by molar-refractivity contribution is -0.0882. The second-order valence-electron chi connectivity index (χ2n) is 5.79. The number of morpholine rings is 1. The van der Waals surface area contributed by atoms with Gasteiger partial charge in [-0.15, -0.1) is 0 Å². The van der Waals surface area contributed by atoms with Gasteiger partial charge in [0.25, 0.3) is 0 Å². The summed E-state index contributed by atoms with van der Waals surface area (Å²) in [6.07, 6.45) is 0.530. The van der Waals surface area contributed by atoms with Crippen molar-refractivity contribution in [3.8, 4) is 11.8 Å². The van der Waals surface area contributed by atoms with E-state index in [4.69, 9.17) is 9.84 Å². The van der Waals surface area contributed by atoms with Crippen LogP contribution < -0.4 is 0 Å². The lowest BCUT2D eigenvalue weighted by Gasteiger charge is -2.38. The molecule has 0 saturated carbocycles. The average molecular weight is 273 g/mol. The summed E-state index contributed by atoms with van der Waals surface area (Å²) in [6, 6.07) is 8.33. The van der Waals surface area contributed by atoms with E-state index in [2.05, 4.69) is 42.7 Å². The topological polar surface area (TPSA) is 32.7 Å². The minimum absolute atomic E-state index is 0.0587. The van der Waals surface area contributed by atoms with Gasteiger partial charge in [0.15, 0.2) is 0 Å². The summed E-state index contributed by atoms with van der Waals surface area (Å²) in [7, 11) is 0. The van der Waals surface area contributed by atoms with Gasteiger partial charge in [-0.1, -0.05) is 24.0 Å². The molecule has 108 valence electrons. The van der Waals surface area contributed by atoms with Crippen LogP contribution in [-0.4, -0.2) is 41.9 Å². The van der Waals surface area contributed by atoms with Crippen LogP contribution in [0.3, 0.4) is 0 Å². The van der Waals surface area contributed by atoms with Gasteiger partial charge in [-0.05, 0) is 31.5 Å². The molecule has 0 aromatic heterocycles. The molecule has 1 heterocycles. The van der Waals surface area contributed by atoms with Crippen LogP contribution in [0.2, 0.25) is 0 Å². The monoisotopic (exact) mass is 273 g/mol. The quantitative estimate of drug-likeness (QED) is 0.855. The number of hydrogen-bond acceptors (Lipinski definition) is 3. The van der Waals surface area contributed by atoms with Crippen molar-refractivity contribution in [2.75, 3.05) is 26.3 Å². The molecule has 1 aliphatic rings. The number of ether oxygens (including phenoxy) is 1. The summed E-state index contributed by atoms with van der Waals surface area (Å²) in [5.41, 5.74) is 2.23. The van der Waals surface area contributed by atoms with Gasteiger partial charge in [0.1, 0.15) is 0 Å². The summed E-state index contributed by atoms with van der Waals surface area (Å²) in [5, 5.41) is 8.74. The third kappa shape index (κ3) is 4.64. The van der Waals surface area contributed by atoms with Crippen molar-refractivity contribution in [1.82, 2.24) is 4.90 Å². The first-order chi connectivity index (χ1) is 9.59. The average Bonchev–Trinajstić information content (AvgIpc) is 2.38. The molecule has 1 saturated heterocycles. The molecule has 1 N–H and O–H groups in total. The predicted octanol–water partition coefficient (Wildman–Crippen LogP) is 2.03. The number of aliphatic hydroxyl groups is 1. The first kappa shape index (κ1) is 15.1. The van der Waals surface area contributed by atoms with Gasteiger partial charge in [-0.3, -0.25) is 4.90 Å². The maximum absolute atomic E-state index is 8.74. The van der Waals surface area contributed by atoms with E-state index in [1.54, 1.807) is 0 Å². The molecule has 3 nitrogen and oxygen atoms in total. The van der Waals surface area contributed by atoms with E-state index in [1.807, 2.05) is 12.1 Å². The van der Waals surface area contributed by atoms with E-state index in [0.29, 0.717) is 6.42 Å². The number of nitrogens with zero attached hydrogens (tertiary/aromatic N) is 1. The molecule has 0 unspecified atom stereocenters. The maximum Gasteiger partial charge on any atom is 0.0753 e. The third-order valence-corrected chi connectivity index (χ3v) is 3.31. The highest BCUT2D eigenvalue weighted by molar-refractivity contribution is 5.37. The fourth-order valence-corrected chi connectivity index (χ4v) is 2.48. The van der Waals surface area contributed by atoms with Gasteiger partial charge in [0, 0.05) is 31.6 Å². The van der Waals surface area contributed by atoms with Crippen LogP contribution in [-0.2, 0) is 11.3 Å². The van der Waals surface area contributed by atoms with Crippen molar-refractivity contribution in [1.29, 1.82) is 0 Å². The fraction of sp³-hybridized carbons (Fsp3) is 0.529. The van der Waals surface area contributed by atoms with Crippen LogP contribution in [0.15, 0.2) is 24.3 Å². The first-order valence-corrected chi connectivity index (χ1v) is 7.14. The van der Waals surface area contributed by atoms with Crippen molar-refractivity contribution >= 4 is 0 Å². The van der Waals surface area contributed by atoms with E-state index in [0.717, 1.165) is 31.8 Å². The molecule has 1 aromatic rings. The molecule has 1 aromatic carbocycles. The van der Waals surface area contributed by atoms with E-state index < -0.39 is 0 Å². The Kier molecular flexibility index (Phi) is 5.19. The molecule has 0 radical (unpaired) electrons. The second kappa shape index (κ2) is 6.90. The van der Waals surface area contributed by atoms with Gasteiger partial charge in [-0.25, -0.2) is 0 Å². The van der Waals surface area contributed by atoms with Crippen molar-refractivity contribution in [2.24, 2.45) is 0 Å². The van der Waals surface area contributed by atoms with Crippen LogP contribution in [0.5, 0.6) is 0 Å². The van der Waals surface area contributed by atoms with E-state index in [1.165, 1.54) is 5.56 Å². The molecule has 0 amide bonds. The normalized spacial score (nSPS) is 18.4. The Morgan fingerprint density at radius 3 is 3.00 bits per heavy atom. The van der Waals surface area contributed by atoms with Crippen LogP contribution in [0, 0.1) is 11.8 Å². The van der Waals surface area contributed by atoms with Crippen molar-refractivity contribution in [2.45, 2.75) is 32.4 Å². The Bertz CT molecular complexity index is 499. The Hall–Kier alpha value is -1.34. The highest BCUT2D eigenvalue weighted by atomic mass is 16.5. The molecular formula is C17H23NO2. The van der Waals surface area contributed by atoms with Crippen molar-refractivity contribution in [3.63, 3.8) is 0 Å². The molecule has 0 atom stereocenters. The summed E-state index contributed by atoms with van der Waals surface area (Å²) in [5.74, 6) is 6.05. The summed E-state index contributed by atoms with van der Waals surface area (Å²) in [4.78, 5) is 2.42. The van der Waals surface area contributed by atoms with E-state index >= 15 is 0 Å². The SMILES string of the molecule is CC1(C)CN(Cc2cccc(C#CCCO)c2)CCO1. The van der Waals surface area contributed by atoms with Crippen molar-refractivity contribution < 1.29 is 9.84 Å². The maximum atomic E-state index is 8.74. The largest absolute Gasteiger partial charge is 0.395 e. The number of aliphatic hydroxyl groups excluding tert-OH is 1. The van der Waals surface area contributed by atoms with Gasteiger partial charge < -0.3 is 9.84 Å². The number of hydrogen-bond donors (Lipinski definition) is 1. The molecule has 0 bridgehead atoms.